The van der Waals surface area contributed by atoms with Crippen molar-refractivity contribution in [3.8, 4) is 0 Å². The van der Waals surface area contributed by atoms with E-state index in [9.17, 15) is 32.4 Å². The molecule has 0 radical (unpaired) electrons. The van der Waals surface area contributed by atoms with E-state index in [1.165, 1.54) is 10.5 Å². The van der Waals surface area contributed by atoms with Crippen molar-refractivity contribution >= 4 is 39.9 Å². The third kappa shape index (κ3) is 8.50. The zero-order valence-electron chi connectivity index (χ0n) is 31.5. The molecule has 2 saturated heterocycles. The molecular formula is C39H55N5O9S. The molecule has 54 heavy (non-hydrogen) atoms. The Kier molecular flexibility index (Phi) is 10.9. The van der Waals surface area contributed by atoms with E-state index in [-0.39, 0.29) is 37.3 Å². The Morgan fingerprint density at radius 1 is 0.926 bits per heavy atom. The number of cyclic esters (lactones) is 1. The minimum Gasteiger partial charge on any atom is -0.449 e. The molecule has 7 rings (SSSR count). The molecule has 296 valence electrons. The van der Waals surface area contributed by atoms with Gasteiger partial charge >= 0.3 is 12.2 Å². The molecule has 6 aliphatic rings. The molecule has 5 amide bonds. The molecule has 3 N–H and O–H groups in total. The number of fused-ring (bicyclic) bond motifs is 4. The van der Waals surface area contributed by atoms with E-state index in [0.717, 1.165) is 62.5 Å². The molecule has 4 heterocycles. The van der Waals surface area contributed by atoms with Gasteiger partial charge in [-0.2, -0.15) is 0 Å². The lowest BCUT2D eigenvalue weighted by Gasteiger charge is -2.30. The predicted octanol–water partition coefficient (Wildman–Crippen LogP) is 4.18. The van der Waals surface area contributed by atoms with Crippen LogP contribution in [0.1, 0.15) is 120 Å². The molecule has 1 aromatic rings. The number of alkyl carbamates (subject to hydrolysis) is 1. The Bertz CT molecular complexity index is 1760. The van der Waals surface area contributed by atoms with Crippen LogP contribution in [0.3, 0.4) is 0 Å². The number of nitrogens with zero attached hydrogens (tertiary/aromatic N) is 2. The molecule has 2 aliphatic carbocycles. The monoisotopic (exact) mass is 769 g/mol. The van der Waals surface area contributed by atoms with Crippen molar-refractivity contribution in [2.24, 2.45) is 11.3 Å². The van der Waals surface area contributed by atoms with Crippen molar-refractivity contribution in [1.29, 1.82) is 0 Å². The lowest BCUT2D eigenvalue weighted by Crippen LogP contribution is -2.58. The molecule has 1 aromatic carbocycles. The normalized spacial score (nSPS) is 31.1. The second-order valence-corrected chi connectivity index (χ2v) is 19.1. The molecule has 0 aromatic heterocycles. The van der Waals surface area contributed by atoms with Gasteiger partial charge in [0.1, 0.15) is 23.7 Å². The van der Waals surface area contributed by atoms with Gasteiger partial charge in [0, 0.05) is 19.5 Å². The fourth-order valence-corrected chi connectivity index (χ4v) is 10.1. The summed E-state index contributed by atoms with van der Waals surface area (Å²) < 4.78 is 39.6. The van der Waals surface area contributed by atoms with Gasteiger partial charge < -0.3 is 25.0 Å². The van der Waals surface area contributed by atoms with Gasteiger partial charge in [-0.1, -0.05) is 70.6 Å². The second-order valence-electron chi connectivity index (χ2n) is 17.2. The quantitative estimate of drug-likeness (QED) is 0.407. The van der Waals surface area contributed by atoms with Crippen LogP contribution in [0.25, 0.3) is 0 Å². The average molecular weight is 770 g/mol. The minimum absolute atomic E-state index is 0.0244. The van der Waals surface area contributed by atoms with Crippen LogP contribution in [-0.2, 0) is 53.4 Å². The summed E-state index contributed by atoms with van der Waals surface area (Å²) in [5.41, 5.74) is 1.64. The van der Waals surface area contributed by atoms with Gasteiger partial charge in [-0.3, -0.25) is 24.0 Å². The zero-order chi connectivity index (χ0) is 38.3. The molecule has 15 heteroatoms. The van der Waals surface area contributed by atoms with Crippen molar-refractivity contribution < 1.29 is 41.9 Å². The summed E-state index contributed by atoms with van der Waals surface area (Å²) in [6.45, 7) is 4.98. The van der Waals surface area contributed by atoms with Crippen LogP contribution in [0.4, 0.5) is 9.59 Å². The van der Waals surface area contributed by atoms with Crippen LogP contribution in [0.15, 0.2) is 18.2 Å². The number of hydrogen-bond acceptors (Lipinski definition) is 9. The van der Waals surface area contributed by atoms with Crippen LogP contribution in [-0.4, -0.2) is 90.3 Å². The lowest BCUT2D eigenvalue weighted by molar-refractivity contribution is -0.141. The topological polar surface area (TPSA) is 181 Å². The first-order valence-corrected chi connectivity index (χ1v) is 21.5. The number of nitrogens with one attached hydrogen (secondary N) is 3. The zero-order valence-corrected chi connectivity index (χ0v) is 32.3. The summed E-state index contributed by atoms with van der Waals surface area (Å²) in [6.07, 6.45) is 7.64. The highest BCUT2D eigenvalue weighted by molar-refractivity contribution is 7.91. The van der Waals surface area contributed by atoms with Gasteiger partial charge in [0.15, 0.2) is 0 Å². The molecule has 0 unspecified atom stereocenters. The number of amides is 5. The Balaban J connectivity index is 1.17. The predicted molar refractivity (Wildman–Crippen MR) is 197 cm³/mol. The highest BCUT2D eigenvalue weighted by atomic mass is 32.2. The van der Waals surface area contributed by atoms with Gasteiger partial charge in [0.2, 0.25) is 21.8 Å². The van der Waals surface area contributed by atoms with Crippen molar-refractivity contribution in [3.63, 3.8) is 0 Å². The van der Waals surface area contributed by atoms with Gasteiger partial charge in [-0.15, -0.1) is 0 Å². The number of sulfonamides is 1. The van der Waals surface area contributed by atoms with Crippen molar-refractivity contribution in [2.75, 3.05) is 13.2 Å². The number of benzene rings is 1. The molecule has 5 atom stereocenters. The summed E-state index contributed by atoms with van der Waals surface area (Å²) >= 11 is 0. The molecular weight excluding hydrogens is 715 g/mol. The Hall–Kier alpha value is -3.88. The van der Waals surface area contributed by atoms with Gasteiger partial charge in [0.25, 0.3) is 5.91 Å². The summed E-state index contributed by atoms with van der Waals surface area (Å²) in [5.74, 6) is -2.14. The average Bonchev–Trinajstić information content (AvgIpc) is 4.01. The molecule has 4 fully saturated rings. The standard InChI is InChI=1S/C39H55N5O9S/c1-38(2)18-9-8-11-25-12-10-13-26-21-43(23-30(25)26)37(49)53-28-19-32-33(45)41-39(35(47)42-54(50,51)29-16-17-29)20-27(39)14-6-4-3-5-7-15-31(34(46)44(32)22-28)40-36(48)52-24-38/h10,12-13,27-29,31-32H,3-9,11,14-24H2,1-2H3,(H,40,48)(H,41,45)(H,42,47)/t27-,28+,31-,32-,39+/m0/s1. The molecule has 5 bridgehead atoms. The van der Waals surface area contributed by atoms with Crippen molar-refractivity contribution in [2.45, 2.75) is 152 Å². The van der Waals surface area contributed by atoms with E-state index in [1.807, 2.05) is 12.1 Å². The highest BCUT2D eigenvalue weighted by Crippen LogP contribution is 2.48. The fourth-order valence-electron chi connectivity index (χ4n) is 8.76. The fraction of sp³-hybridized carbons (Fsp3) is 0.718. The van der Waals surface area contributed by atoms with Crippen LogP contribution < -0.4 is 15.4 Å². The molecule has 14 nitrogen and oxygen atoms in total. The van der Waals surface area contributed by atoms with E-state index in [1.54, 1.807) is 4.90 Å². The first-order chi connectivity index (χ1) is 25.7. The summed E-state index contributed by atoms with van der Waals surface area (Å²) in [7, 11) is -3.87. The number of carbonyl (C=O) groups is 5. The summed E-state index contributed by atoms with van der Waals surface area (Å²) in [5, 5.41) is 5.08. The number of ether oxygens (including phenoxy) is 2. The van der Waals surface area contributed by atoms with E-state index in [0.29, 0.717) is 45.2 Å². The smallest absolute Gasteiger partial charge is 0.410 e. The number of aryl methyl sites for hydroxylation is 1. The molecule has 0 spiro atoms. The third-order valence-corrected chi connectivity index (χ3v) is 14.1. The van der Waals surface area contributed by atoms with E-state index in [2.05, 4.69) is 35.3 Å². The maximum absolute atomic E-state index is 14.5. The van der Waals surface area contributed by atoms with Crippen molar-refractivity contribution in [1.82, 2.24) is 25.2 Å². The number of carbonyl (C=O) groups excluding carboxylic acids is 5. The second kappa shape index (κ2) is 15.3. The SMILES string of the molecule is CC1(C)CCCCc2cccc3c2CN(C3)C(=O)O[C@@H]2C[C@H]3C(=O)N[C@]4(C(=O)NS(=O)(=O)C5CC5)C[C@@H]4CCCCCCC[C@H](NC(=O)OC1)C(=O)N3C2. The van der Waals surface area contributed by atoms with E-state index < -0.39 is 68.9 Å². The summed E-state index contributed by atoms with van der Waals surface area (Å²) in [6, 6.07) is 4.00. The maximum atomic E-state index is 14.5. The van der Waals surface area contributed by atoms with Crippen LogP contribution in [0.5, 0.6) is 0 Å². The maximum Gasteiger partial charge on any atom is 0.410 e. The molecule has 4 aliphatic heterocycles. The van der Waals surface area contributed by atoms with E-state index in [4.69, 9.17) is 9.47 Å². The van der Waals surface area contributed by atoms with Crippen LogP contribution >= 0.6 is 0 Å². The Labute approximate surface area is 317 Å². The van der Waals surface area contributed by atoms with Crippen LogP contribution in [0, 0.1) is 11.3 Å². The van der Waals surface area contributed by atoms with Gasteiger partial charge in [-0.25, -0.2) is 18.0 Å². The van der Waals surface area contributed by atoms with Crippen molar-refractivity contribution in [3.05, 3.63) is 34.9 Å². The number of hydrogen-bond donors (Lipinski definition) is 3. The largest absolute Gasteiger partial charge is 0.449 e. The highest BCUT2D eigenvalue weighted by Gasteiger charge is 2.62. The molecule has 2 saturated carbocycles. The minimum atomic E-state index is -3.87. The third-order valence-electron chi connectivity index (χ3n) is 12.3. The summed E-state index contributed by atoms with van der Waals surface area (Å²) in [4.78, 5) is 72.5. The van der Waals surface area contributed by atoms with Gasteiger partial charge in [-0.05, 0) is 79.4 Å². The van der Waals surface area contributed by atoms with Crippen LogP contribution in [0.2, 0.25) is 0 Å². The Morgan fingerprint density at radius 3 is 2.44 bits per heavy atom. The van der Waals surface area contributed by atoms with E-state index >= 15 is 0 Å². The Morgan fingerprint density at radius 2 is 1.67 bits per heavy atom. The first kappa shape index (κ1) is 38.4. The van der Waals surface area contributed by atoms with Gasteiger partial charge in [0.05, 0.1) is 18.4 Å². The first-order valence-electron chi connectivity index (χ1n) is 19.9. The lowest BCUT2D eigenvalue weighted by atomic mass is 9.87. The number of rotatable bonds is 3.